The maximum Gasteiger partial charge on any atom is 0.336 e. The number of hydrogen-bond donors (Lipinski definition) is 3. The van der Waals surface area contributed by atoms with Crippen LogP contribution in [-0.4, -0.2) is 33.2 Å². The van der Waals surface area contributed by atoms with Crippen LogP contribution in [0.15, 0.2) is 182 Å². The van der Waals surface area contributed by atoms with Crippen molar-refractivity contribution in [3.8, 4) is 66.8 Å². The van der Waals surface area contributed by atoms with E-state index in [4.69, 9.17) is 0 Å². The average molecular weight is 1100 g/mol. The maximum absolute atomic E-state index is 14.2. The van der Waals surface area contributed by atoms with Gasteiger partial charge in [0.25, 0.3) is 0 Å². The van der Waals surface area contributed by atoms with Crippen LogP contribution < -0.4 is 0 Å². The first kappa shape index (κ1) is 59.6. The predicted molar refractivity (Wildman–Crippen MR) is 308 cm³/mol. The van der Waals surface area contributed by atoms with Crippen LogP contribution in [0.25, 0.3) is 66.8 Å². The van der Waals surface area contributed by atoms with Gasteiger partial charge in [0.15, 0.2) is 0 Å². The summed E-state index contributed by atoms with van der Waals surface area (Å²) in [6.07, 6.45) is 9.60. The Morgan fingerprint density at radius 2 is 0.580 bits per heavy atom. The normalized spacial score (nSPS) is 10.8. The third kappa shape index (κ3) is 15.6. The monoisotopic (exact) mass is 1100 g/mol. The van der Waals surface area contributed by atoms with Gasteiger partial charge in [0.1, 0.15) is 34.9 Å². The first-order valence-electron chi connectivity index (χ1n) is 26.7. The van der Waals surface area contributed by atoms with Crippen LogP contribution in [0, 0.1) is 34.9 Å². The molecule has 0 saturated carbocycles. The fourth-order valence-electron chi connectivity index (χ4n) is 9.38. The van der Waals surface area contributed by atoms with E-state index in [2.05, 4.69) is 20.8 Å². The zero-order valence-electron chi connectivity index (χ0n) is 45.0. The van der Waals surface area contributed by atoms with Crippen molar-refractivity contribution in [2.45, 2.75) is 78.6 Å². The maximum atomic E-state index is 14.2. The number of aryl methyl sites for hydroxylation is 3. The fraction of sp³-hybridized carbons (Fsp3) is 0.174. The molecule has 0 aliphatic rings. The van der Waals surface area contributed by atoms with Gasteiger partial charge in [-0.15, -0.1) is 0 Å². The quantitative estimate of drug-likeness (QED) is 0.0583. The summed E-state index contributed by atoms with van der Waals surface area (Å²) in [6.45, 7) is 6.39. The minimum atomic E-state index is -1.05. The van der Waals surface area contributed by atoms with Crippen molar-refractivity contribution in [2.75, 3.05) is 0 Å². The average Bonchev–Trinajstić information content (AvgIpc) is 3.46. The first-order chi connectivity index (χ1) is 39.0. The van der Waals surface area contributed by atoms with Gasteiger partial charge in [-0.1, -0.05) is 137 Å². The second-order valence-electron chi connectivity index (χ2n) is 19.5. The highest BCUT2D eigenvalue weighted by Crippen LogP contribution is 2.35. The highest BCUT2D eigenvalue weighted by atomic mass is 19.2. The molecule has 0 aliphatic heterocycles. The minimum Gasteiger partial charge on any atom is -0.478 e. The number of carboxylic acid groups (broad SMARTS) is 3. The van der Waals surface area contributed by atoms with Gasteiger partial charge >= 0.3 is 17.9 Å². The highest BCUT2D eigenvalue weighted by Gasteiger charge is 2.19. The molecule has 3 N–H and O–H groups in total. The fourth-order valence-corrected chi connectivity index (χ4v) is 9.38. The van der Waals surface area contributed by atoms with E-state index in [9.17, 15) is 56.0 Å². The van der Waals surface area contributed by atoms with Crippen LogP contribution in [0.1, 0.15) is 107 Å². The SMILES string of the molecule is CCCCCc1ccc(-c2cc(-c3ccc(F)cc3F)ccc2C(=O)O)cc1.CCCCc1ccc(-c2cc(-c3ccc(F)cc3F)ccc2C(=O)O)cc1.CCCc1ccc(-c2cc(-c3ccc(F)cc3F)ccc2C(=O)O)cc1. The van der Waals surface area contributed by atoms with Crippen molar-refractivity contribution in [2.24, 2.45) is 0 Å². The molecule has 81 heavy (non-hydrogen) atoms. The van der Waals surface area contributed by atoms with E-state index >= 15 is 0 Å². The molecule has 414 valence electrons. The molecule has 0 atom stereocenters. The molecule has 0 bridgehead atoms. The Balaban J connectivity index is 0.000000175. The molecule has 9 aromatic rings. The number of unbranched alkanes of at least 4 members (excludes halogenated alkanes) is 3. The molecule has 0 aromatic heterocycles. The molecular formula is C69H60F6O6. The lowest BCUT2D eigenvalue weighted by Gasteiger charge is -2.11. The summed E-state index contributed by atoms with van der Waals surface area (Å²) in [5.74, 6) is -7.15. The highest BCUT2D eigenvalue weighted by molar-refractivity contribution is 5.99. The zero-order valence-corrected chi connectivity index (χ0v) is 45.0. The van der Waals surface area contributed by atoms with Crippen LogP contribution in [0.4, 0.5) is 26.3 Å². The number of halogens is 6. The van der Waals surface area contributed by atoms with Crippen LogP contribution in [0.3, 0.4) is 0 Å². The van der Waals surface area contributed by atoms with Gasteiger partial charge in [-0.3, -0.25) is 0 Å². The lowest BCUT2D eigenvalue weighted by molar-refractivity contribution is 0.0687. The number of rotatable bonds is 18. The Morgan fingerprint density at radius 3 is 0.852 bits per heavy atom. The molecule has 0 unspecified atom stereocenters. The molecule has 0 radical (unpaired) electrons. The number of carbonyl (C=O) groups is 3. The molecule has 0 heterocycles. The Morgan fingerprint density at radius 1 is 0.296 bits per heavy atom. The molecule has 0 aliphatic carbocycles. The van der Waals surface area contributed by atoms with Crippen LogP contribution >= 0.6 is 0 Å². The lowest BCUT2D eigenvalue weighted by Crippen LogP contribution is -2.00. The van der Waals surface area contributed by atoms with Crippen molar-refractivity contribution in [3.63, 3.8) is 0 Å². The summed E-state index contributed by atoms with van der Waals surface area (Å²) in [5, 5.41) is 28.6. The molecule has 12 heteroatoms. The third-order valence-electron chi connectivity index (χ3n) is 13.7. The molecule has 0 spiro atoms. The topological polar surface area (TPSA) is 112 Å². The van der Waals surface area contributed by atoms with Crippen LogP contribution in [-0.2, 0) is 19.3 Å². The van der Waals surface area contributed by atoms with Crippen LogP contribution in [0.5, 0.6) is 0 Å². The predicted octanol–water partition coefficient (Wildman–Crippen LogP) is 19.0. The molecule has 0 amide bonds. The summed E-state index contributed by atoms with van der Waals surface area (Å²) in [5.41, 5.74) is 9.95. The van der Waals surface area contributed by atoms with Gasteiger partial charge in [-0.05, 0) is 172 Å². The van der Waals surface area contributed by atoms with Gasteiger partial charge < -0.3 is 15.3 Å². The largest absolute Gasteiger partial charge is 0.478 e. The van der Waals surface area contributed by atoms with E-state index in [1.54, 1.807) is 30.3 Å². The van der Waals surface area contributed by atoms with E-state index in [0.29, 0.717) is 33.4 Å². The molecule has 9 rings (SSSR count). The van der Waals surface area contributed by atoms with Crippen molar-refractivity contribution >= 4 is 17.9 Å². The Bertz CT molecular complexity index is 3650. The lowest BCUT2D eigenvalue weighted by atomic mass is 9.93. The van der Waals surface area contributed by atoms with E-state index in [-0.39, 0.29) is 33.4 Å². The van der Waals surface area contributed by atoms with E-state index in [1.165, 1.54) is 83.8 Å². The molecule has 9 aromatic carbocycles. The summed E-state index contributed by atoms with van der Waals surface area (Å²) >= 11 is 0. The van der Waals surface area contributed by atoms with Crippen molar-refractivity contribution in [3.05, 3.63) is 250 Å². The van der Waals surface area contributed by atoms with Gasteiger partial charge in [0, 0.05) is 34.9 Å². The van der Waals surface area contributed by atoms with Gasteiger partial charge in [0.05, 0.1) is 16.7 Å². The van der Waals surface area contributed by atoms with Crippen LogP contribution in [0.2, 0.25) is 0 Å². The van der Waals surface area contributed by atoms with E-state index in [1.807, 2.05) is 72.8 Å². The standard InChI is InChI=1S/C24H22F2O2.C23H20F2O2.C22H18F2O2/c1-2-3-4-5-16-6-8-17(9-7-16)22-14-18(10-12-21(22)24(27)28)20-13-11-19(25)15-23(20)26;1-2-3-4-15-5-7-16(8-6-15)21-13-17(9-11-20(21)23(26)27)19-12-10-18(24)14-22(19)25;1-2-3-14-4-6-15(7-5-14)20-12-16(8-10-19(20)22(25)26)18-11-9-17(23)13-21(18)24/h6-15H,2-5H2,1H3,(H,27,28);5-14H,2-4H2,1H3,(H,26,27);4-13H,2-3H2,1H3,(H,25,26). The Hall–Kier alpha value is -9.03. The van der Waals surface area contributed by atoms with E-state index in [0.717, 1.165) is 86.3 Å². The Kier molecular flexibility index (Phi) is 20.8. The molecule has 6 nitrogen and oxygen atoms in total. The summed E-state index contributed by atoms with van der Waals surface area (Å²) in [7, 11) is 0. The van der Waals surface area contributed by atoms with Gasteiger partial charge in [-0.25, -0.2) is 40.7 Å². The number of aromatic carboxylic acids is 3. The minimum absolute atomic E-state index is 0.138. The van der Waals surface area contributed by atoms with Gasteiger partial charge in [0.2, 0.25) is 0 Å². The summed E-state index contributed by atoms with van der Waals surface area (Å²) in [4.78, 5) is 34.9. The summed E-state index contributed by atoms with van der Waals surface area (Å²) < 4.78 is 82.0. The van der Waals surface area contributed by atoms with Crippen molar-refractivity contribution in [1.82, 2.24) is 0 Å². The number of carboxylic acids is 3. The van der Waals surface area contributed by atoms with Gasteiger partial charge in [-0.2, -0.15) is 0 Å². The summed E-state index contributed by atoms with van der Waals surface area (Å²) in [6, 6.07) is 47.2. The number of hydrogen-bond acceptors (Lipinski definition) is 3. The molecule has 0 saturated heterocycles. The smallest absolute Gasteiger partial charge is 0.336 e. The van der Waals surface area contributed by atoms with Crippen molar-refractivity contribution in [1.29, 1.82) is 0 Å². The third-order valence-corrected chi connectivity index (χ3v) is 13.7. The molecule has 0 fully saturated rings. The van der Waals surface area contributed by atoms with E-state index < -0.39 is 52.8 Å². The second-order valence-corrected chi connectivity index (χ2v) is 19.5. The molecular weight excluding hydrogens is 1040 g/mol. The van der Waals surface area contributed by atoms with Crippen molar-refractivity contribution < 1.29 is 56.0 Å². The number of benzene rings is 9. The first-order valence-corrected chi connectivity index (χ1v) is 26.7. The Labute approximate surface area is 467 Å². The zero-order chi connectivity index (χ0) is 58.2. The second kappa shape index (κ2) is 28.2.